The number of nitrogens with zero attached hydrogens (tertiary/aromatic N) is 1. The van der Waals surface area contributed by atoms with Crippen molar-refractivity contribution < 1.29 is 19.0 Å². The fraction of sp³-hybridized carbons (Fsp3) is 0.364. The molecule has 0 aliphatic heterocycles. The van der Waals surface area contributed by atoms with Gasteiger partial charge in [-0.05, 0) is 18.2 Å². The zero-order valence-electron chi connectivity index (χ0n) is 8.81. The lowest BCUT2D eigenvalue weighted by Crippen LogP contribution is -2.22. The van der Waals surface area contributed by atoms with Crippen LogP contribution in [0.2, 0.25) is 0 Å². The zero-order valence-corrected chi connectivity index (χ0v) is 8.81. The number of methoxy groups -OCH3 is 1. The van der Waals surface area contributed by atoms with Crippen LogP contribution in [0.15, 0.2) is 18.2 Å². The number of hydrogen-bond donors (Lipinski definition) is 1. The van der Waals surface area contributed by atoms with E-state index in [2.05, 4.69) is 0 Å². The number of aliphatic hydroxyl groups excluding tert-OH is 1. The van der Waals surface area contributed by atoms with E-state index in [0.717, 1.165) is 6.07 Å². The van der Waals surface area contributed by atoms with Gasteiger partial charge in [-0.15, -0.1) is 0 Å². The standard InChI is InChI=1S/C11H12FNO3/c1-15-6-9(14)7-16-11-3-2-8(5-13)4-10(11)12/h2-4,9,14H,6-7H2,1H3. The molecule has 0 spiro atoms. The Hall–Kier alpha value is -1.64. The molecule has 1 atom stereocenters. The van der Waals surface area contributed by atoms with Crippen LogP contribution in [0.3, 0.4) is 0 Å². The normalized spacial score (nSPS) is 11.9. The molecule has 0 aliphatic carbocycles. The molecule has 4 nitrogen and oxygen atoms in total. The Labute approximate surface area is 92.8 Å². The van der Waals surface area contributed by atoms with Crippen LogP contribution in [0.5, 0.6) is 5.75 Å². The highest BCUT2D eigenvalue weighted by molar-refractivity contribution is 5.35. The number of benzene rings is 1. The maximum Gasteiger partial charge on any atom is 0.166 e. The average molecular weight is 225 g/mol. The predicted molar refractivity (Wildman–Crippen MR) is 54.5 cm³/mol. The average Bonchev–Trinajstić information content (AvgIpc) is 2.27. The summed E-state index contributed by atoms with van der Waals surface area (Å²) in [6.45, 7) is 0.0640. The highest BCUT2D eigenvalue weighted by Crippen LogP contribution is 2.18. The van der Waals surface area contributed by atoms with Gasteiger partial charge in [-0.1, -0.05) is 0 Å². The van der Waals surface area contributed by atoms with Crippen molar-refractivity contribution >= 4 is 0 Å². The lowest BCUT2D eigenvalue weighted by Gasteiger charge is -2.11. The monoisotopic (exact) mass is 225 g/mol. The van der Waals surface area contributed by atoms with E-state index in [1.807, 2.05) is 6.07 Å². The van der Waals surface area contributed by atoms with Gasteiger partial charge in [0.2, 0.25) is 0 Å². The lowest BCUT2D eigenvalue weighted by molar-refractivity contribution is 0.0316. The van der Waals surface area contributed by atoms with Crippen LogP contribution in [0, 0.1) is 17.1 Å². The number of halogens is 1. The number of hydrogen-bond acceptors (Lipinski definition) is 4. The topological polar surface area (TPSA) is 62.5 Å². The summed E-state index contributed by atoms with van der Waals surface area (Å²) in [5, 5.41) is 17.8. The SMILES string of the molecule is COCC(O)COc1ccc(C#N)cc1F. The molecule has 0 heterocycles. The summed E-state index contributed by atoms with van der Waals surface area (Å²) in [5.41, 5.74) is 0.224. The molecule has 1 aromatic rings. The predicted octanol–water partition coefficient (Wildman–Crippen LogP) is 1.08. The fourth-order valence-corrected chi connectivity index (χ4v) is 1.11. The molecule has 1 N–H and O–H groups in total. The third-order valence-electron chi connectivity index (χ3n) is 1.85. The smallest absolute Gasteiger partial charge is 0.166 e. The molecule has 0 saturated heterocycles. The minimum absolute atomic E-state index is 0.00848. The van der Waals surface area contributed by atoms with Crippen LogP contribution < -0.4 is 4.74 Å². The molecule has 0 aliphatic rings. The summed E-state index contributed by atoms with van der Waals surface area (Å²) in [6.07, 6.45) is -0.806. The van der Waals surface area contributed by atoms with Crippen LogP contribution in [-0.2, 0) is 4.74 Å². The molecular formula is C11H12FNO3. The molecule has 0 aromatic heterocycles. The van der Waals surface area contributed by atoms with Crippen molar-refractivity contribution in [2.24, 2.45) is 0 Å². The molecule has 1 unspecified atom stereocenters. The molecule has 1 rings (SSSR count). The van der Waals surface area contributed by atoms with Crippen molar-refractivity contribution in [3.8, 4) is 11.8 Å². The first kappa shape index (κ1) is 12.4. The maximum absolute atomic E-state index is 13.3. The lowest BCUT2D eigenvalue weighted by atomic mass is 10.2. The van der Waals surface area contributed by atoms with Crippen LogP contribution >= 0.6 is 0 Å². The zero-order chi connectivity index (χ0) is 12.0. The van der Waals surface area contributed by atoms with E-state index >= 15 is 0 Å². The van der Waals surface area contributed by atoms with Gasteiger partial charge in [-0.25, -0.2) is 4.39 Å². The quantitative estimate of drug-likeness (QED) is 0.814. The molecule has 0 amide bonds. The fourth-order valence-electron chi connectivity index (χ4n) is 1.11. The second kappa shape index (κ2) is 6.05. The third kappa shape index (κ3) is 3.50. The summed E-state index contributed by atoms with van der Waals surface area (Å²) in [4.78, 5) is 0. The van der Waals surface area contributed by atoms with Gasteiger partial charge in [0.1, 0.15) is 12.7 Å². The minimum Gasteiger partial charge on any atom is -0.488 e. The first-order valence-corrected chi connectivity index (χ1v) is 4.67. The first-order chi connectivity index (χ1) is 7.67. The largest absolute Gasteiger partial charge is 0.488 e. The van der Waals surface area contributed by atoms with Gasteiger partial charge in [0, 0.05) is 7.11 Å². The number of ether oxygens (including phenoxy) is 2. The molecule has 0 saturated carbocycles. The van der Waals surface area contributed by atoms with Crippen molar-refractivity contribution in [1.29, 1.82) is 5.26 Å². The van der Waals surface area contributed by atoms with Crippen molar-refractivity contribution in [1.82, 2.24) is 0 Å². The van der Waals surface area contributed by atoms with E-state index in [1.165, 1.54) is 19.2 Å². The second-order valence-electron chi connectivity index (χ2n) is 3.18. The van der Waals surface area contributed by atoms with Crippen molar-refractivity contribution in [2.75, 3.05) is 20.3 Å². The Balaban J connectivity index is 2.58. The Morgan fingerprint density at radius 2 is 2.25 bits per heavy atom. The highest BCUT2D eigenvalue weighted by Gasteiger charge is 2.08. The molecule has 0 radical (unpaired) electrons. The van der Waals surface area contributed by atoms with E-state index in [4.69, 9.17) is 14.7 Å². The summed E-state index contributed by atoms with van der Waals surface area (Å²) >= 11 is 0. The molecule has 5 heteroatoms. The molecule has 0 fully saturated rings. The van der Waals surface area contributed by atoms with Crippen LogP contribution in [0.1, 0.15) is 5.56 Å². The van der Waals surface area contributed by atoms with Gasteiger partial charge in [0.15, 0.2) is 11.6 Å². The second-order valence-corrected chi connectivity index (χ2v) is 3.18. The Bertz CT molecular complexity index is 389. The number of rotatable bonds is 5. The van der Waals surface area contributed by atoms with Crippen molar-refractivity contribution in [3.05, 3.63) is 29.6 Å². The molecule has 86 valence electrons. The van der Waals surface area contributed by atoms with E-state index in [1.54, 1.807) is 0 Å². The van der Waals surface area contributed by atoms with Gasteiger partial charge < -0.3 is 14.6 Å². The Morgan fingerprint density at radius 1 is 1.50 bits per heavy atom. The highest BCUT2D eigenvalue weighted by atomic mass is 19.1. The van der Waals surface area contributed by atoms with Crippen molar-refractivity contribution in [3.63, 3.8) is 0 Å². The molecule has 16 heavy (non-hydrogen) atoms. The van der Waals surface area contributed by atoms with E-state index in [9.17, 15) is 9.50 Å². The Kier molecular flexibility index (Phi) is 4.70. The minimum atomic E-state index is -0.806. The van der Waals surface area contributed by atoms with Crippen LogP contribution in [-0.4, -0.2) is 31.5 Å². The van der Waals surface area contributed by atoms with Gasteiger partial charge >= 0.3 is 0 Å². The summed E-state index contributed by atoms with van der Waals surface area (Å²) < 4.78 is 23.0. The summed E-state index contributed by atoms with van der Waals surface area (Å²) in [5.74, 6) is -0.613. The number of nitriles is 1. The van der Waals surface area contributed by atoms with Crippen LogP contribution in [0.25, 0.3) is 0 Å². The molecule has 1 aromatic carbocycles. The number of aliphatic hydroxyl groups is 1. The summed E-state index contributed by atoms with van der Waals surface area (Å²) in [6, 6.07) is 5.70. The van der Waals surface area contributed by atoms with Gasteiger partial charge in [0.25, 0.3) is 0 Å². The van der Waals surface area contributed by atoms with Gasteiger partial charge in [0.05, 0.1) is 18.2 Å². The van der Waals surface area contributed by atoms with Gasteiger partial charge in [-0.2, -0.15) is 5.26 Å². The third-order valence-corrected chi connectivity index (χ3v) is 1.85. The first-order valence-electron chi connectivity index (χ1n) is 4.67. The van der Waals surface area contributed by atoms with Crippen LogP contribution in [0.4, 0.5) is 4.39 Å². The van der Waals surface area contributed by atoms with E-state index < -0.39 is 11.9 Å². The van der Waals surface area contributed by atoms with Crippen molar-refractivity contribution in [2.45, 2.75) is 6.10 Å². The summed E-state index contributed by atoms with van der Waals surface area (Å²) in [7, 11) is 1.45. The van der Waals surface area contributed by atoms with E-state index in [-0.39, 0.29) is 24.5 Å². The van der Waals surface area contributed by atoms with Gasteiger partial charge in [-0.3, -0.25) is 0 Å². The molecular weight excluding hydrogens is 213 g/mol. The van der Waals surface area contributed by atoms with E-state index in [0.29, 0.717) is 0 Å². The molecule has 0 bridgehead atoms. The Morgan fingerprint density at radius 3 is 2.81 bits per heavy atom. The maximum atomic E-state index is 13.3.